The van der Waals surface area contributed by atoms with Gasteiger partial charge in [0.1, 0.15) is 15.0 Å². The van der Waals surface area contributed by atoms with Gasteiger partial charge in [0.25, 0.3) is 5.69 Å². The zero-order valence-corrected chi connectivity index (χ0v) is 14.3. The molecule has 0 bridgehead atoms. The third kappa shape index (κ3) is 4.94. The van der Waals surface area contributed by atoms with E-state index in [0.29, 0.717) is 12.1 Å². The molecule has 8 nitrogen and oxygen atoms in total. The molecule has 0 spiro atoms. The number of hydrogen-bond donors (Lipinski definition) is 0. The Labute approximate surface area is 146 Å². The molecule has 0 radical (unpaired) electrons. The van der Waals surface area contributed by atoms with Crippen LogP contribution in [-0.4, -0.2) is 23.9 Å². The van der Waals surface area contributed by atoms with Crippen molar-refractivity contribution in [3.63, 3.8) is 0 Å². The second-order valence-electron chi connectivity index (χ2n) is 2.68. The number of carbonyl (C=O) groups excluding carboxylic acids is 1. The molecule has 0 aliphatic rings. The summed E-state index contributed by atoms with van der Waals surface area (Å²) < 4.78 is 31.8. The van der Waals surface area contributed by atoms with E-state index in [2.05, 4.69) is 0 Å². The molecule has 11 heteroatoms. The largest absolute Gasteiger partial charge is 1.00 e. The van der Waals surface area contributed by atoms with Gasteiger partial charge in [-0.2, -0.15) is 0 Å². The third-order valence-corrected chi connectivity index (χ3v) is 2.54. The van der Waals surface area contributed by atoms with Crippen LogP contribution in [0.15, 0.2) is 23.1 Å². The van der Waals surface area contributed by atoms with Crippen LogP contribution in [0.4, 0.5) is 5.69 Å². The first-order valence-corrected chi connectivity index (χ1v) is 5.10. The van der Waals surface area contributed by atoms with Crippen LogP contribution < -0.4 is 64.2 Å². The minimum Gasteiger partial charge on any atom is -0.744 e. The minimum absolute atomic E-state index is 0. The van der Waals surface area contributed by atoms with E-state index in [-0.39, 0.29) is 59.1 Å². The molecule has 0 aliphatic heterocycles. The molecule has 1 aromatic rings. The van der Waals surface area contributed by atoms with Crippen LogP contribution in [0.1, 0.15) is 10.4 Å². The van der Waals surface area contributed by atoms with Gasteiger partial charge >= 0.3 is 59.1 Å². The molecule has 86 valence electrons. The van der Waals surface area contributed by atoms with Crippen molar-refractivity contribution in [2.45, 2.75) is 4.90 Å². The van der Waals surface area contributed by atoms with Crippen LogP contribution in [0, 0.1) is 10.1 Å². The molecule has 0 atom stereocenters. The summed E-state index contributed by atoms with van der Waals surface area (Å²) in [6, 6.07) is 1.76. The van der Waals surface area contributed by atoms with Crippen molar-refractivity contribution in [3.05, 3.63) is 33.9 Å². The molecule has 0 aromatic heterocycles. The number of hydrogen-bond acceptors (Lipinski definition) is 7. The molecule has 0 saturated carbocycles. The second-order valence-corrected chi connectivity index (χ2v) is 4.03. The summed E-state index contributed by atoms with van der Waals surface area (Å²) in [5.74, 6) is -1.71. The van der Waals surface area contributed by atoms with Crippen LogP contribution in [0.5, 0.6) is 0 Å². The Morgan fingerprint density at radius 2 is 1.72 bits per heavy atom. The van der Waals surface area contributed by atoms with Gasteiger partial charge in [0.2, 0.25) is 0 Å². The van der Waals surface area contributed by atoms with Crippen molar-refractivity contribution in [3.8, 4) is 0 Å². The predicted octanol–water partition coefficient (Wildman–Crippen LogP) is -7.13. The van der Waals surface area contributed by atoms with Crippen molar-refractivity contribution >= 4 is 21.8 Å². The first kappa shape index (κ1) is 20.3. The number of carboxylic acid groups (broad SMARTS) is 1. The number of carbonyl (C=O) groups is 1. The number of rotatable bonds is 3. The van der Waals surface area contributed by atoms with Gasteiger partial charge in [-0.3, -0.25) is 10.1 Å². The molecule has 0 amide bonds. The monoisotopic (exact) mass is 291 g/mol. The molecule has 0 aliphatic carbocycles. The average molecular weight is 291 g/mol. The maximum atomic E-state index is 10.6. The van der Waals surface area contributed by atoms with Crippen LogP contribution in [0.3, 0.4) is 0 Å². The third-order valence-electron chi connectivity index (χ3n) is 1.66. The van der Waals surface area contributed by atoms with E-state index in [9.17, 15) is 33.0 Å². The Morgan fingerprint density at radius 1 is 1.22 bits per heavy atom. The summed E-state index contributed by atoms with van der Waals surface area (Å²) in [5.41, 5.74) is -1.67. The van der Waals surface area contributed by atoms with E-state index in [0.717, 1.165) is 6.07 Å². The molecular formula is C7H3NNa2O7S. The van der Waals surface area contributed by atoms with E-state index in [4.69, 9.17) is 0 Å². The van der Waals surface area contributed by atoms with Gasteiger partial charge in [0.15, 0.2) is 0 Å². The second kappa shape index (κ2) is 7.56. The Bertz CT molecular complexity index is 571. The van der Waals surface area contributed by atoms with Crippen LogP contribution in [0.2, 0.25) is 0 Å². The Morgan fingerprint density at radius 3 is 2.06 bits per heavy atom. The number of nitro benzene ring substituents is 1. The van der Waals surface area contributed by atoms with Gasteiger partial charge in [0.05, 0.1) is 10.9 Å². The number of nitrogens with zero attached hydrogens (tertiary/aromatic N) is 1. The van der Waals surface area contributed by atoms with Gasteiger partial charge in [0, 0.05) is 11.6 Å². The van der Waals surface area contributed by atoms with Gasteiger partial charge in [-0.1, -0.05) is 6.07 Å². The number of carboxylic acids is 1. The zero-order valence-electron chi connectivity index (χ0n) is 9.45. The van der Waals surface area contributed by atoms with Crippen LogP contribution in [0.25, 0.3) is 0 Å². The number of nitro groups is 1. The van der Waals surface area contributed by atoms with Gasteiger partial charge < -0.3 is 14.5 Å². The average Bonchev–Trinajstić information content (AvgIpc) is 2.15. The smallest absolute Gasteiger partial charge is 0.744 e. The normalized spacial score (nSPS) is 9.83. The molecule has 0 saturated heterocycles. The van der Waals surface area contributed by atoms with Crippen molar-refractivity contribution < 1.29 is 86.9 Å². The van der Waals surface area contributed by atoms with Gasteiger partial charge in [-0.05, 0) is 6.07 Å². The van der Waals surface area contributed by atoms with E-state index in [1.807, 2.05) is 0 Å². The summed E-state index contributed by atoms with van der Waals surface area (Å²) in [7, 11) is -5.03. The Hall–Kier alpha value is 0. The fourth-order valence-corrected chi connectivity index (χ4v) is 1.62. The summed E-state index contributed by atoms with van der Waals surface area (Å²) in [6.45, 7) is 0. The van der Waals surface area contributed by atoms with Crippen molar-refractivity contribution in [1.82, 2.24) is 0 Å². The van der Waals surface area contributed by atoms with E-state index in [1.165, 1.54) is 0 Å². The molecule has 0 N–H and O–H groups in total. The van der Waals surface area contributed by atoms with Crippen LogP contribution in [-0.2, 0) is 10.1 Å². The van der Waals surface area contributed by atoms with Crippen molar-refractivity contribution in [1.29, 1.82) is 0 Å². The molecule has 1 aromatic carbocycles. The number of aromatic carboxylic acids is 1. The van der Waals surface area contributed by atoms with Crippen LogP contribution >= 0.6 is 0 Å². The Balaban J connectivity index is 0. The zero-order chi connectivity index (χ0) is 12.5. The SMILES string of the molecule is O=C([O-])c1ccc(S(=O)(=O)[O-])c([N+](=O)[O-])c1.[Na+].[Na+]. The summed E-state index contributed by atoms with van der Waals surface area (Å²) >= 11 is 0. The van der Waals surface area contributed by atoms with E-state index >= 15 is 0 Å². The van der Waals surface area contributed by atoms with Gasteiger partial charge in [-0.25, -0.2) is 8.42 Å². The maximum Gasteiger partial charge on any atom is 1.00 e. The van der Waals surface area contributed by atoms with Crippen molar-refractivity contribution in [2.24, 2.45) is 0 Å². The van der Waals surface area contributed by atoms with Gasteiger partial charge in [-0.15, -0.1) is 0 Å². The molecule has 0 unspecified atom stereocenters. The number of benzene rings is 1. The van der Waals surface area contributed by atoms with Crippen molar-refractivity contribution in [2.75, 3.05) is 0 Å². The molecule has 0 fully saturated rings. The molecule has 1 rings (SSSR count). The fraction of sp³-hybridized carbons (Fsp3) is 0. The fourth-order valence-electron chi connectivity index (χ4n) is 0.998. The minimum atomic E-state index is -5.03. The molecular weight excluding hydrogens is 288 g/mol. The predicted molar refractivity (Wildman–Crippen MR) is 45.4 cm³/mol. The summed E-state index contributed by atoms with van der Waals surface area (Å²) in [4.78, 5) is 18.6. The van der Waals surface area contributed by atoms with E-state index in [1.54, 1.807) is 0 Å². The first-order chi connectivity index (χ1) is 7.23. The topological polar surface area (TPSA) is 140 Å². The quantitative estimate of drug-likeness (QED) is 0.233. The molecule has 18 heavy (non-hydrogen) atoms. The first-order valence-electron chi connectivity index (χ1n) is 3.69. The summed E-state index contributed by atoms with van der Waals surface area (Å²) in [5, 5.41) is 20.8. The maximum absolute atomic E-state index is 10.6. The Kier molecular flexibility index (Phi) is 8.53. The standard InChI is InChI=1S/C7H5NO7S.2Na/c9-7(10)4-1-2-6(16(13,14)15)5(3-4)8(11)12;;/h1-3H,(H,9,10)(H,13,14,15);;/q;2*+1/p-2. The summed E-state index contributed by atoms with van der Waals surface area (Å²) in [6.07, 6.45) is 0. The molecule has 0 heterocycles. The van der Waals surface area contributed by atoms with E-state index < -0.39 is 37.2 Å².